The number of fused-ring (bicyclic) bond motifs is 1. The van der Waals surface area contributed by atoms with E-state index in [1.165, 1.54) is 32.1 Å². The number of carbonyl (C=O) groups is 2. The Kier molecular flexibility index (Phi) is 6.14. The molecule has 0 spiro atoms. The van der Waals surface area contributed by atoms with Crippen LogP contribution in [-0.2, 0) is 14.3 Å². The molecule has 0 aromatic carbocycles. The van der Waals surface area contributed by atoms with E-state index in [9.17, 15) is 9.59 Å². The minimum absolute atomic E-state index is 0.0848. The van der Waals surface area contributed by atoms with Crippen molar-refractivity contribution in [2.24, 2.45) is 11.8 Å². The lowest BCUT2D eigenvalue weighted by atomic mass is 9.82. The molecule has 0 N–H and O–H groups in total. The number of amides is 2. The van der Waals surface area contributed by atoms with Crippen molar-refractivity contribution in [2.75, 3.05) is 33.4 Å². The molecule has 136 valence electrons. The number of nitrogens with zero attached hydrogens (tertiary/aromatic N) is 2. The number of rotatable bonds is 4. The third-order valence-electron chi connectivity index (χ3n) is 6.20. The first-order valence-corrected chi connectivity index (χ1v) is 9.75. The highest BCUT2D eigenvalue weighted by molar-refractivity contribution is 5.78. The fraction of sp³-hybridized carbons (Fsp3) is 0.895. The van der Waals surface area contributed by atoms with Crippen molar-refractivity contribution in [2.45, 2.75) is 63.8 Å². The number of methoxy groups -OCH3 is 1. The number of carbonyl (C=O) groups excluding carboxylic acids is 2. The van der Waals surface area contributed by atoms with Gasteiger partial charge in [0.25, 0.3) is 0 Å². The predicted octanol–water partition coefficient (Wildman–Crippen LogP) is 2.44. The zero-order valence-corrected chi connectivity index (χ0v) is 15.0. The summed E-state index contributed by atoms with van der Waals surface area (Å²) in [5.41, 5.74) is 0. The quantitative estimate of drug-likeness (QED) is 0.792. The van der Waals surface area contributed by atoms with Crippen LogP contribution in [0.25, 0.3) is 0 Å². The first kappa shape index (κ1) is 17.7. The molecule has 2 heterocycles. The monoisotopic (exact) mass is 336 g/mol. The van der Waals surface area contributed by atoms with Crippen LogP contribution in [0.5, 0.6) is 0 Å². The van der Waals surface area contributed by atoms with Gasteiger partial charge in [0.1, 0.15) is 6.61 Å². The Balaban J connectivity index is 1.56. The molecule has 3 fully saturated rings. The smallest absolute Gasteiger partial charge is 0.248 e. The summed E-state index contributed by atoms with van der Waals surface area (Å²) in [6, 6.07) is 0.349. The van der Waals surface area contributed by atoms with Gasteiger partial charge in [-0.2, -0.15) is 0 Å². The summed E-state index contributed by atoms with van der Waals surface area (Å²) in [4.78, 5) is 29.0. The van der Waals surface area contributed by atoms with E-state index in [1.54, 1.807) is 7.11 Å². The van der Waals surface area contributed by atoms with Crippen molar-refractivity contribution in [1.29, 1.82) is 0 Å². The molecule has 1 aliphatic carbocycles. The fourth-order valence-electron chi connectivity index (χ4n) is 4.91. The largest absolute Gasteiger partial charge is 0.375 e. The van der Waals surface area contributed by atoms with Gasteiger partial charge in [-0.05, 0) is 43.9 Å². The van der Waals surface area contributed by atoms with E-state index in [-0.39, 0.29) is 12.5 Å². The molecular weight excluding hydrogens is 304 g/mol. The molecule has 0 unspecified atom stereocenters. The maximum absolute atomic E-state index is 12.9. The molecule has 0 aromatic heterocycles. The first-order chi connectivity index (χ1) is 11.7. The lowest BCUT2D eigenvalue weighted by Gasteiger charge is -2.47. The van der Waals surface area contributed by atoms with E-state index >= 15 is 0 Å². The van der Waals surface area contributed by atoms with E-state index in [0.717, 1.165) is 45.3 Å². The number of ether oxygens (including phenoxy) is 1. The van der Waals surface area contributed by atoms with Gasteiger partial charge < -0.3 is 14.5 Å². The van der Waals surface area contributed by atoms with Crippen LogP contribution in [0, 0.1) is 11.8 Å². The van der Waals surface area contributed by atoms with Gasteiger partial charge in [-0.3, -0.25) is 9.59 Å². The van der Waals surface area contributed by atoms with Gasteiger partial charge in [0, 0.05) is 39.2 Å². The van der Waals surface area contributed by atoms with Gasteiger partial charge in [0.05, 0.1) is 0 Å². The molecule has 0 aromatic rings. The van der Waals surface area contributed by atoms with E-state index in [0.29, 0.717) is 23.8 Å². The highest BCUT2D eigenvalue weighted by atomic mass is 16.5. The number of piperidine rings is 2. The summed E-state index contributed by atoms with van der Waals surface area (Å²) >= 11 is 0. The zero-order chi connectivity index (χ0) is 16.9. The third kappa shape index (κ3) is 4.11. The Bertz CT molecular complexity index is 448. The highest BCUT2D eigenvalue weighted by Crippen LogP contribution is 2.33. The SMILES string of the molecule is COCC(=O)N1CC[C@H]2[C@H](CCCN2C(=O)CC2CCCCC2)C1. The number of hydrogen-bond donors (Lipinski definition) is 0. The molecule has 0 bridgehead atoms. The molecule has 24 heavy (non-hydrogen) atoms. The van der Waals surface area contributed by atoms with E-state index in [4.69, 9.17) is 4.74 Å². The first-order valence-electron chi connectivity index (χ1n) is 9.75. The second-order valence-electron chi connectivity index (χ2n) is 7.83. The molecule has 5 nitrogen and oxygen atoms in total. The van der Waals surface area contributed by atoms with E-state index < -0.39 is 0 Å². The van der Waals surface area contributed by atoms with Crippen molar-refractivity contribution in [3.05, 3.63) is 0 Å². The van der Waals surface area contributed by atoms with Crippen LogP contribution in [0.4, 0.5) is 0 Å². The summed E-state index contributed by atoms with van der Waals surface area (Å²) in [6.45, 7) is 2.64. The van der Waals surface area contributed by atoms with E-state index in [2.05, 4.69) is 4.90 Å². The molecule has 2 saturated heterocycles. The van der Waals surface area contributed by atoms with Crippen molar-refractivity contribution in [3.63, 3.8) is 0 Å². The van der Waals surface area contributed by atoms with Gasteiger partial charge in [-0.1, -0.05) is 19.3 Å². The van der Waals surface area contributed by atoms with Gasteiger partial charge in [-0.15, -0.1) is 0 Å². The molecule has 2 atom stereocenters. The second kappa shape index (κ2) is 8.32. The van der Waals surface area contributed by atoms with Crippen LogP contribution < -0.4 is 0 Å². The van der Waals surface area contributed by atoms with Crippen LogP contribution >= 0.6 is 0 Å². The third-order valence-corrected chi connectivity index (χ3v) is 6.20. The number of likely N-dealkylation sites (tertiary alicyclic amines) is 2. The Morgan fingerprint density at radius 3 is 2.50 bits per heavy atom. The summed E-state index contributed by atoms with van der Waals surface area (Å²) < 4.78 is 4.98. The lowest BCUT2D eigenvalue weighted by molar-refractivity contribution is -0.144. The summed E-state index contributed by atoms with van der Waals surface area (Å²) in [7, 11) is 1.57. The van der Waals surface area contributed by atoms with Crippen LogP contribution in [0.15, 0.2) is 0 Å². The molecule has 5 heteroatoms. The fourth-order valence-corrected chi connectivity index (χ4v) is 4.91. The standard InChI is InChI=1S/C19H32N2O3/c1-24-14-19(23)20-11-9-17-16(13-20)8-5-10-21(17)18(22)12-15-6-3-2-4-7-15/h15-17H,2-14H2,1H3/t16-,17+/m1/s1. The van der Waals surface area contributed by atoms with Crippen LogP contribution in [-0.4, -0.2) is 61.0 Å². The average molecular weight is 336 g/mol. The van der Waals surface area contributed by atoms with Gasteiger partial charge in [0.2, 0.25) is 11.8 Å². The molecule has 2 amide bonds. The van der Waals surface area contributed by atoms with Gasteiger partial charge >= 0.3 is 0 Å². The topological polar surface area (TPSA) is 49.9 Å². The second-order valence-corrected chi connectivity index (χ2v) is 7.83. The molecule has 0 radical (unpaired) electrons. The Hall–Kier alpha value is -1.10. The predicted molar refractivity (Wildman–Crippen MR) is 92.5 cm³/mol. The molecule has 1 saturated carbocycles. The Morgan fingerprint density at radius 1 is 0.958 bits per heavy atom. The zero-order valence-electron chi connectivity index (χ0n) is 15.0. The Morgan fingerprint density at radius 2 is 1.75 bits per heavy atom. The van der Waals surface area contributed by atoms with Crippen molar-refractivity contribution < 1.29 is 14.3 Å². The van der Waals surface area contributed by atoms with Crippen molar-refractivity contribution >= 4 is 11.8 Å². The Labute approximate surface area is 145 Å². The molecule has 3 rings (SSSR count). The van der Waals surface area contributed by atoms with Gasteiger partial charge in [0.15, 0.2) is 0 Å². The van der Waals surface area contributed by atoms with E-state index in [1.807, 2.05) is 4.90 Å². The summed E-state index contributed by atoms with van der Waals surface area (Å²) in [6.07, 6.45) is 10.3. The van der Waals surface area contributed by atoms with Crippen LogP contribution in [0.1, 0.15) is 57.8 Å². The van der Waals surface area contributed by atoms with Gasteiger partial charge in [-0.25, -0.2) is 0 Å². The minimum atomic E-state index is 0.0848. The van der Waals surface area contributed by atoms with Crippen LogP contribution in [0.2, 0.25) is 0 Å². The minimum Gasteiger partial charge on any atom is -0.375 e. The maximum Gasteiger partial charge on any atom is 0.248 e. The average Bonchev–Trinajstić information content (AvgIpc) is 2.61. The molecular formula is C19H32N2O3. The van der Waals surface area contributed by atoms with Crippen LogP contribution in [0.3, 0.4) is 0 Å². The van der Waals surface area contributed by atoms with Crippen molar-refractivity contribution in [1.82, 2.24) is 9.80 Å². The normalized spacial score (nSPS) is 28.5. The highest BCUT2D eigenvalue weighted by Gasteiger charge is 2.39. The lowest BCUT2D eigenvalue weighted by Crippen LogP contribution is -2.57. The molecule has 2 aliphatic heterocycles. The summed E-state index contributed by atoms with van der Waals surface area (Å²) in [5.74, 6) is 1.51. The summed E-state index contributed by atoms with van der Waals surface area (Å²) in [5, 5.41) is 0. The number of hydrogen-bond acceptors (Lipinski definition) is 3. The molecule has 3 aliphatic rings. The maximum atomic E-state index is 12.9. The van der Waals surface area contributed by atoms with Crippen molar-refractivity contribution in [3.8, 4) is 0 Å².